The van der Waals surface area contributed by atoms with E-state index in [0.29, 0.717) is 11.9 Å². The third kappa shape index (κ3) is 2.09. The lowest BCUT2D eigenvalue weighted by Crippen LogP contribution is -2.35. The molecule has 1 atom stereocenters. The van der Waals surface area contributed by atoms with E-state index >= 15 is 0 Å². The third-order valence-electron chi connectivity index (χ3n) is 4.34. The van der Waals surface area contributed by atoms with Crippen molar-refractivity contribution in [1.29, 1.82) is 0 Å². The molecule has 0 saturated heterocycles. The van der Waals surface area contributed by atoms with Gasteiger partial charge in [0.25, 0.3) is 5.56 Å². The summed E-state index contributed by atoms with van der Waals surface area (Å²) in [7, 11) is 1.72. The first-order chi connectivity index (χ1) is 9.42. The molecule has 1 aliphatic heterocycles. The van der Waals surface area contributed by atoms with E-state index in [4.69, 9.17) is 4.74 Å². The van der Waals surface area contributed by atoms with Crippen molar-refractivity contribution in [2.75, 3.05) is 7.11 Å². The maximum Gasteiger partial charge on any atom is 0.261 e. The minimum absolute atomic E-state index is 0.0481. The Bertz CT molecular complexity index is 736. The van der Waals surface area contributed by atoms with Crippen LogP contribution in [0.2, 0.25) is 0 Å². The van der Waals surface area contributed by atoms with Crippen molar-refractivity contribution in [3.05, 3.63) is 38.9 Å². The molecule has 0 aliphatic carbocycles. The average molecular weight is 337 g/mol. The van der Waals surface area contributed by atoms with Gasteiger partial charge in [-0.2, -0.15) is 0 Å². The lowest BCUT2D eigenvalue weighted by atomic mass is 9.89. The molecular formula is C15H17BrN2O2. The predicted molar refractivity (Wildman–Crippen MR) is 82.0 cm³/mol. The van der Waals surface area contributed by atoms with Crippen LogP contribution in [0.15, 0.2) is 27.5 Å². The van der Waals surface area contributed by atoms with Gasteiger partial charge in [-0.25, -0.2) is 4.98 Å². The van der Waals surface area contributed by atoms with E-state index in [-0.39, 0.29) is 17.1 Å². The molecule has 2 aromatic rings. The van der Waals surface area contributed by atoms with Crippen molar-refractivity contribution in [1.82, 2.24) is 9.55 Å². The molecule has 106 valence electrons. The minimum Gasteiger partial charge on any atom is -0.378 e. The van der Waals surface area contributed by atoms with Gasteiger partial charge in [0, 0.05) is 30.5 Å². The van der Waals surface area contributed by atoms with E-state index in [1.807, 2.05) is 18.2 Å². The van der Waals surface area contributed by atoms with Crippen molar-refractivity contribution >= 4 is 26.8 Å². The summed E-state index contributed by atoms with van der Waals surface area (Å²) in [6, 6.07) is 5.60. The SMILES string of the molecule is COC(C)(C)C1Cc2nc3cc(Br)ccc3c(=O)n2C1. The zero-order valence-electron chi connectivity index (χ0n) is 11.8. The van der Waals surface area contributed by atoms with Crippen molar-refractivity contribution in [3.8, 4) is 0 Å². The lowest BCUT2D eigenvalue weighted by molar-refractivity contribution is -0.0276. The van der Waals surface area contributed by atoms with Crippen LogP contribution in [0, 0.1) is 5.92 Å². The van der Waals surface area contributed by atoms with E-state index in [1.54, 1.807) is 11.7 Å². The second kappa shape index (κ2) is 4.67. The second-order valence-electron chi connectivity index (χ2n) is 5.81. The molecule has 20 heavy (non-hydrogen) atoms. The number of aromatic nitrogens is 2. The largest absolute Gasteiger partial charge is 0.378 e. The minimum atomic E-state index is -0.257. The maximum atomic E-state index is 12.6. The number of rotatable bonds is 2. The Balaban J connectivity index is 2.13. The van der Waals surface area contributed by atoms with Gasteiger partial charge in [-0.3, -0.25) is 9.36 Å². The molecular weight excluding hydrogens is 320 g/mol. The molecule has 1 unspecified atom stereocenters. The van der Waals surface area contributed by atoms with Gasteiger partial charge in [0.1, 0.15) is 5.82 Å². The van der Waals surface area contributed by atoms with E-state index < -0.39 is 0 Å². The van der Waals surface area contributed by atoms with Crippen molar-refractivity contribution < 1.29 is 4.74 Å². The van der Waals surface area contributed by atoms with Gasteiger partial charge in [-0.15, -0.1) is 0 Å². The first-order valence-electron chi connectivity index (χ1n) is 6.66. The monoisotopic (exact) mass is 336 g/mol. The van der Waals surface area contributed by atoms with Crippen LogP contribution >= 0.6 is 15.9 Å². The number of nitrogens with zero attached hydrogens (tertiary/aromatic N) is 2. The van der Waals surface area contributed by atoms with E-state index in [1.165, 1.54) is 0 Å². The normalized spacial score (nSPS) is 18.5. The lowest BCUT2D eigenvalue weighted by Gasteiger charge is -2.29. The summed E-state index contributed by atoms with van der Waals surface area (Å²) < 4.78 is 8.29. The highest BCUT2D eigenvalue weighted by Gasteiger charge is 2.36. The molecule has 4 nitrogen and oxygen atoms in total. The fraction of sp³-hybridized carbons (Fsp3) is 0.467. The van der Waals surface area contributed by atoms with Crippen LogP contribution in [0.25, 0.3) is 10.9 Å². The van der Waals surface area contributed by atoms with Crippen LogP contribution in [0.4, 0.5) is 0 Å². The first kappa shape index (κ1) is 13.8. The predicted octanol–water partition coefficient (Wildman–Crippen LogP) is 2.76. The van der Waals surface area contributed by atoms with Gasteiger partial charge < -0.3 is 4.74 Å². The van der Waals surface area contributed by atoms with Crippen LogP contribution < -0.4 is 5.56 Å². The molecule has 0 spiro atoms. The molecule has 0 saturated carbocycles. The highest BCUT2D eigenvalue weighted by atomic mass is 79.9. The fourth-order valence-electron chi connectivity index (χ4n) is 2.72. The number of halogens is 1. The summed E-state index contributed by atoms with van der Waals surface area (Å²) in [4.78, 5) is 17.2. The highest BCUT2D eigenvalue weighted by molar-refractivity contribution is 9.10. The second-order valence-corrected chi connectivity index (χ2v) is 6.73. The fourth-order valence-corrected chi connectivity index (χ4v) is 3.07. The molecule has 2 heterocycles. The zero-order valence-corrected chi connectivity index (χ0v) is 13.4. The molecule has 1 aromatic heterocycles. The number of ether oxygens (including phenoxy) is 1. The third-order valence-corrected chi connectivity index (χ3v) is 4.83. The van der Waals surface area contributed by atoms with Gasteiger partial charge in [0.05, 0.1) is 16.5 Å². The smallest absolute Gasteiger partial charge is 0.261 e. The number of hydrogen-bond donors (Lipinski definition) is 0. The zero-order chi connectivity index (χ0) is 14.5. The van der Waals surface area contributed by atoms with Crippen LogP contribution in [-0.2, 0) is 17.7 Å². The first-order valence-corrected chi connectivity index (χ1v) is 7.46. The Labute approximate surface area is 125 Å². The molecule has 0 amide bonds. The molecule has 1 aromatic carbocycles. The molecule has 3 rings (SSSR count). The number of hydrogen-bond acceptors (Lipinski definition) is 3. The molecule has 0 fully saturated rings. The van der Waals surface area contributed by atoms with Gasteiger partial charge in [-0.1, -0.05) is 15.9 Å². The molecule has 0 bridgehead atoms. The average Bonchev–Trinajstić information content (AvgIpc) is 2.83. The summed E-state index contributed by atoms with van der Waals surface area (Å²) in [5.41, 5.74) is 0.547. The number of methoxy groups -OCH3 is 1. The summed E-state index contributed by atoms with van der Waals surface area (Å²) >= 11 is 3.42. The summed E-state index contributed by atoms with van der Waals surface area (Å²) in [5, 5.41) is 0.674. The maximum absolute atomic E-state index is 12.6. The summed E-state index contributed by atoms with van der Waals surface area (Å²) in [6.07, 6.45) is 0.776. The molecule has 5 heteroatoms. The van der Waals surface area contributed by atoms with Crippen LogP contribution in [0.1, 0.15) is 19.7 Å². The van der Waals surface area contributed by atoms with Crippen molar-refractivity contribution in [2.45, 2.75) is 32.4 Å². The van der Waals surface area contributed by atoms with Crippen molar-refractivity contribution in [3.63, 3.8) is 0 Å². The van der Waals surface area contributed by atoms with E-state index in [2.05, 4.69) is 34.8 Å². The Morgan fingerprint density at radius 1 is 1.45 bits per heavy atom. The van der Waals surface area contributed by atoms with Gasteiger partial charge in [0.2, 0.25) is 0 Å². The number of fused-ring (bicyclic) bond motifs is 2. The van der Waals surface area contributed by atoms with Crippen molar-refractivity contribution in [2.24, 2.45) is 5.92 Å². The van der Waals surface area contributed by atoms with E-state index in [9.17, 15) is 4.79 Å². The van der Waals surface area contributed by atoms with E-state index in [0.717, 1.165) is 22.2 Å². The van der Waals surface area contributed by atoms with Gasteiger partial charge in [0.15, 0.2) is 0 Å². The summed E-state index contributed by atoms with van der Waals surface area (Å²) in [5.74, 6) is 1.13. The Morgan fingerprint density at radius 2 is 2.20 bits per heavy atom. The number of benzene rings is 1. The standard InChI is InChI=1S/C15H17BrN2O2/c1-15(2,20-3)9-6-13-17-12-7-10(16)4-5-11(12)14(19)18(13)8-9/h4-5,7,9H,6,8H2,1-3H3. The topological polar surface area (TPSA) is 44.1 Å². The Morgan fingerprint density at radius 3 is 2.90 bits per heavy atom. The van der Waals surface area contributed by atoms with Crippen LogP contribution in [0.5, 0.6) is 0 Å². The molecule has 0 N–H and O–H groups in total. The quantitative estimate of drug-likeness (QED) is 0.846. The summed E-state index contributed by atoms with van der Waals surface area (Å²) in [6.45, 7) is 4.80. The Kier molecular flexibility index (Phi) is 3.21. The van der Waals surface area contributed by atoms with Gasteiger partial charge >= 0.3 is 0 Å². The van der Waals surface area contributed by atoms with Crippen LogP contribution in [0.3, 0.4) is 0 Å². The van der Waals surface area contributed by atoms with Crippen LogP contribution in [-0.4, -0.2) is 22.3 Å². The highest BCUT2D eigenvalue weighted by Crippen LogP contribution is 2.30. The molecule has 0 radical (unpaired) electrons. The Hall–Kier alpha value is -1.20. The molecule has 1 aliphatic rings. The van der Waals surface area contributed by atoms with Gasteiger partial charge in [-0.05, 0) is 32.0 Å².